The van der Waals surface area contributed by atoms with Crippen molar-refractivity contribution in [2.75, 3.05) is 6.61 Å². The number of hydrogen-bond donors (Lipinski definition) is 0. The molecule has 38 heavy (non-hydrogen) atoms. The smallest absolute Gasteiger partial charge is 0.303 e. The molecular weight excluding hydrogens is 484 g/mol. The van der Waals surface area contributed by atoms with E-state index in [4.69, 9.17) is 23.7 Å². The minimum Gasteiger partial charge on any atom is -0.460 e. The minimum absolute atomic E-state index is 0.219. The van der Waals surface area contributed by atoms with Crippen molar-refractivity contribution in [1.29, 1.82) is 0 Å². The number of unbranched alkanes of at least 4 members (excludes halogenated alkanes) is 9. The van der Waals surface area contributed by atoms with E-state index in [9.17, 15) is 9.59 Å². The van der Waals surface area contributed by atoms with Gasteiger partial charge in [-0.25, -0.2) is 0 Å². The lowest BCUT2D eigenvalue weighted by Gasteiger charge is -2.28. The first-order valence-electron chi connectivity index (χ1n) is 14.3. The molecule has 1 aliphatic heterocycles. The fourth-order valence-corrected chi connectivity index (χ4v) is 4.85. The Morgan fingerprint density at radius 3 is 2.11 bits per heavy atom. The molecule has 0 bridgehead atoms. The molecule has 0 N–H and O–H groups in total. The molecule has 0 radical (unpaired) electrons. The Morgan fingerprint density at radius 1 is 0.895 bits per heavy atom. The summed E-state index contributed by atoms with van der Waals surface area (Å²) in [6.45, 7) is 9.19. The molecule has 1 saturated heterocycles. The Morgan fingerprint density at radius 2 is 1.53 bits per heavy atom. The minimum atomic E-state index is -0.853. The predicted octanol–water partition coefficient (Wildman–Crippen LogP) is 6.67. The first-order valence-corrected chi connectivity index (χ1v) is 14.3. The van der Waals surface area contributed by atoms with Crippen LogP contribution in [0.5, 0.6) is 0 Å². The summed E-state index contributed by atoms with van der Waals surface area (Å²) >= 11 is 0. The van der Waals surface area contributed by atoms with Gasteiger partial charge in [0.2, 0.25) is 0 Å². The molecule has 1 fully saturated rings. The fraction of sp³-hybridized carbons (Fsp3) is 0.677. The molecule has 0 spiro atoms. The van der Waals surface area contributed by atoms with Crippen molar-refractivity contribution in [2.45, 2.75) is 129 Å². The van der Waals surface area contributed by atoms with Gasteiger partial charge in [0.15, 0.2) is 12.4 Å². The van der Waals surface area contributed by atoms with E-state index in [0.29, 0.717) is 13.0 Å². The van der Waals surface area contributed by atoms with E-state index in [1.807, 2.05) is 30.3 Å². The van der Waals surface area contributed by atoms with Crippen molar-refractivity contribution in [3.63, 3.8) is 0 Å². The number of esters is 2. The van der Waals surface area contributed by atoms with Gasteiger partial charge >= 0.3 is 11.9 Å². The summed E-state index contributed by atoms with van der Waals surface area (Å²) < 4.78 is 29.7. The third kappa shape index (κ3) is 12.1. The third-order valence-corrected chi connectivity index (χ3v) is 6.70. The fourth-order valence-electron chi connectivity index (χ4n) is 4.85. The monoisotopic (exact) mass is 532 g/mol. The lowest BCUT2D eigenvalue weighted by molar-refractivity contribution is -0.192. The molecule has 1 aromatic rings. The molecule has 1 heterocycles. The maximum Gasteiger partial charge on any atom is 0.303 e. The van der Waals surface area contributed by atoms with Gasteiger partial charge in [-0.15, -0.1) is 6.58 Å². The van der Waals surface area contributed by atoms with Crippen LogP contribution in [-0.2, 0) is 39.9 Å². The van der Waals surface area contributed by atoms with Crippen molar-refractivity contribution in [3.8, 4) is 0 Å². The normalized spacial score (nSPS) is 21.7. The molecule has 1 aliphatic rings. The highest BCUT2D eigenvalue weighted by Gasteiger charge is 2.52. The number of carbonyl (C=O) groups excluding carboxylic acids is 2. The largest absolute Gasteiger partial charge is 0.460 e. The SMILES string of the molecule is C=CCO[C@H]1O[C@H]([C@H](CCCCCCCCCCCC)OC(C)=O)[C@H](OCc2ccccc2)[C@H]1OC(C)=O. The van der Waals surface area contributed by atoms with Gasteiger partial charge < -0.3 is 23.7 Å². The van der Waals surface area contributed by atoms with E-state index in [1.165, 1.54) is 58.8 Å². The number of ether oxygens (including phenoxy) is 5. The van der Waals surface area contributed by atoms with Gasteiger partial charge in [0, 0.05) is 13.8 Å². The molecule has 7 heteroatoms. The standard InChI is InChI=1S/C31H48O7/c1-5-7-8-9-10-11-12-13-14-18-21-27(36-24(3)32)28-29(35-23-26-19-16-15-17-20-26)30(37-25(4)33)31(38-28)34-22-6-2/h6,15-17,19-20,27-31H,2,5,7-14,18,21-23H2,1,3-4H3/t27-,28+,29-,30+,31-/m0/s1. The van der Waals surface area contributed by atoms with Crippen molar-refractivity contribution in [1.82, 2.24) is 0 Å². The summed E-state index contributed by atoms with van der Waals surface area (Å²) in [5.41, 5.74) is 0.974. The number of benzene rings is 1. The van der Waals surface area contributed by atoms with Crippen molar-refractivity contribution in [2.24, 2.45) is 0 Å². The lowest BCUT2D eigenvalue weighted by Crippen LogP contribution is -2.44. The van der Waals surface area contributed by atoms with Crippen LogP contribution in [-0.4, -0.2) is 49.3 Å². The van der Waals surface area contributed by atoms with Crippen LogP contribution >= 0.6 is 0 Å². The molecule has 0 unspecified atom stereocenters. The molecule has 7 nitrogen and oxygen atoms in total. The first kappa shape index (κ1) is 32.0. The Hall–Kier alpha value is -2.22. The molecule has 5 atom stereocenters. The van der Waals surface area contributed by atoms with Crippen LogP contribution in [0.25, 0.3) is 0 Å². The predicted molar refractivity (Wildman–Crippen MR) is 147 cm³/mol. The van der Waals surface area contributed by atoms with Crippen LogP contribution in [0, 0.1) is 0 Å². The molecule has 214 valence electrons. The zero-order valence-electron chi connectivity index (χ0n) is 23.6. The van der Waals surface area contributed by atoms with Gasteiger partial charge in [0.05, 0.1) is 13.2 Å². The number of carbonyl (C=O) groups is 2. The molecule has 2 rings (SSSR count). The second-order valence-corrected chi connectivity index (χ2v) is 10.0. The maximum absolute atomic E-state index is 12.0. The lowest BCUT2D eigenvalue weighted by atomic mass is 9.99. The number of rotatable bonds is 20. The average molecular weight is 533 g/mol. The Kier molecular flexibility index (Phi) is 15.9. The van der Waals surface area contributed by atoms with Crippen LogP contribution < -0.4 is 0 Å². The van der Waals surface area contributed by atoms with Crippen LogP contribution in [0.2, 0.25) is 0 Å². The van der Waals surface area contributed by atoms with E-state index >= 15 is 0 Å². The van der Waals surface area contributed by atoms with Crippen LogP contribution in [0.4, 0.5) is 0 Å². The molecule has 0 saturated carbocycles. The second-order valence-electron chi connectivity index (χ2n) is 10.0. The van der Waals surface area contributed by atoms with E-state index in [0.717, 1.165) is 24.8 Å². The highest BCUT2D eigenvalue weighted by molar-refractivity contribution is 5.66. The van der Waals surface area contributed by atoms with E-state index < -0.39 is 36.7 Å². The quantitative estimate of drug-likeness (QED) is 0.105. The van der Waals surface area contributed by atoms with Gasteiger partial charge in [0.1, 0.15) is 18.3 Å². The molecular formula is C31H48O7. The van der Waals surface area contributed by atoms with E-state index in [-0.39, 0.29) is 12.6 Å². The summed E-state index contributed by atoms with van der Waals surface area (Å²) in [5.74, 6) is -0.842. The highest BCUT2D eigenvalue weighted by Crippen LogP contribution is 2.33. The molecule has 1 aromatic carbocycles. The summed E-state index contributed by atoms with van der Waals surface area (Å²) in [4.78, 5) is 24.0. The van der Waals surface area contributed by atoms with Crippen LogP contribution in [0.3, 0.4) is 0 Å². The molecule has 0 aliphatic carbocycles. The Bertz CT molecular complexity index is 797. The van der Waals surface area contributed by atoms with Gasteiger partial charge in [-0.05, 0) is 18.4 Å². The Balaban J connectivity index is 2.04. The van der Waals surface area contributed by atoms with Gasteiger partial charge in [-0.1, -0.05) is 101 Å². The maximum atomic E-state index is 12.0. The summed E-state index contributed by atoms with van der Waals surface area (Å²) in [7, 11) is 0. The summed E-state index contributed by atoms with van der Waals surface area (Å²) in [5, 5.41) is 0. The zero-order chi connectivity index (χ0) is 27.6. The van der Waals surface area contributed by atoms with E-state index in [1.54, 1.807) is 6.08 Å². The third-order valence-electron chi connectivity index (χ3n) is 6.70. The summed E-state index contributed by atoms with van der Waals surface area (Å²) in [6.07, 6.45) is 10.9. The topological polar surface area (TPSA) is 80.3 Å². The van der Waals surface area contributed by atoms with Crippen LogP contribution in [0.15, 0.2) is 43.0 Å². The second kappa shape index (κ2) is 18.9. The van der Waals surface area contributed by atoms with E-state index in [2.05, 4.69) is 13.5 Å². The van der Waals surface area contributed by atoms with Gasteiger partial charge in [0.25, 0.3) is 0 Å². The summed E-state index contributed by atoms with van der Waals surface area (Å²) in [6, 6.07) is 9.74. The highest BCUT2D eigenvalue weighted by atomic mass is 16.7. The van der Waals surface area contributed by atoms with Crippen LogP contribution in [0.1, 0.15) is 97.0 Å². The Labute approximate surface area is 229 Å². The average Bonchev–Trinajstić information content (AvgIpc) is 3.23. The van der Waals surface area contributed by atoms with Crippen molar-refractivity contribution >= 4 is 11.9 Å². The molecule has 0 amide bonds. The zero-order valence-corrected chi connectivity index (χ0v) is 23.6. The number of hydrogen-bond acceptors (Lipinski definition) is 7. The van der Waals surface area contributed by atoms with Gasteiger partial charge in [-0.3, -0.25) is 9.59 Å². The van der Waals surface area contributed by atoms with Crippen molar-refractivity contribution < 1.29 is 33.3 Å². The first-order chi connectivity index (χ1) is 18.5. The molecule has 0 aromatic heterocycles. The van der Waals surface area contributed by atoms with Gasteiger partial charge in [-0.2, -0.15) is 0 Å². The van der Waals surface area contributed by atoms with Crippen molar-refractivity contribution in [3.05, 3.63) is 48.6 Å².